The van der Waals surface area contributed by atoms with Gasteiger partial charge in [0.05, 0.1) is 11.6 Å². The van der Waals surface area contributed by atoms with E-state index in [0.29, 0.717) is 16.3 Å². The van der Waals surface area contributed by atoms with Gasteiger partial charge in [0.1, 0.15) is 16.3 Å². The molecule has 0 radical (unpaired) electrons. The van der Waals surface area contributed by atoms with Gasteiger partial charge in [-0.15, -0.1) is 0 Å². The van der Waals surface area contributed by atoms with Crippen LogP contribution in [-0.4, -0.2) is 24.6 Å². The summed E-state index contributed by atoms with van der Waals surface area (Å²) in [5, 5.41) is 22.3. The lowest BCUT2D eigenvalue weighted by Crippen LogP contribution is -2.40. The van der Waals surface area contributed by atoms with Crippen molar-refractivity contribution in [2.75, 3.05) is 5.32 Å². The Morgan fingerprint density at radius 1 is 0.967 bits per heavy atom. The van der Waals surface area contributed by atoms with Crippen molar-refractivity contribution in [1.29, 1.82) is 0 Å². The van der Waals surface area contributed by atoms with E-state index in [9.17, 15) is 18.6 Å². The van der Waals surface area contributed by atoms with Crippen LogP contribution in [0.1, 0.15) is 5.56 Å². The van der Waals surface area contributed by atoms with Gasteiger partial charge in [-0.25, -0.2) is 18.1 Å². The fourth-order valence-corrected chi connectivity index (χ4v) is 4.16. The summed E-state index contributed by atoms with van der Waals surface area (Å²) in [6.07, 6.45) is 0. The zero-order chi connectivity index (χ0) is 21.3. The van der Waals surface area contributed by atoms with E-state index in [-0.39, 0.29) is 40.3 Å². The van der Waals surface area contributed by atoms with Gasteiger partial charge in [-0.1, -0.05) is 35.9 Å². The molecule has 0 unspecified atom stereocenters. The molecule has 1 aliphatic heterocycles. The molecule has 0 bridgehead atoms. The van der Waals surface area contributed by atoms with Gasteiger partial charge in [0.2, 0.25) is 5.96 Å². The van der Waals surface area contributed by atoms with Crippen molar-refractivity contribution in [3.63, 3.8) is 0 Å². The van der Waals surface area contributed by atoms with Gasteiger partial charge in [-0.3, -0.25) is 0 Å². The average molecular weight is 446 g/mol. The number of hydrogen-bond donors (Lipinski definition) is 4. The molecule has 0 aliphatic carbocycles. The largest absolute Gasteiger partial charge is 0.504 e. The van der Waals surface area contributed by atoms with Crippen LogP contribution in [0.3, 0.4) is 0 Å². The van der Waals surface area contributed by atoms with Crippen LogP contribution in [-0.2, 0) is 16.6 Å². The normalized spacial score (nSPS) is 15.7. The minimum Gasteiger partial charge on any atom is -0.504 e. The average Bonchev–Trinajstić information content (AvgIpc) is 2.71. The van der Waals surface area contributed by atoms with E-state index in [0.717, 1.165) is 0 Å². The second-order valence-electron chi connectivity index (χ2n) is 6.38. The predicted octanol–water partition coefficient (Wildman–Crippen LogP) is 3.80. The van der Waals surface area contributed by atoms with E-state index in [2.05, 4.69) is 15.0 Å². The van der Waals surface area contributed by atoms with Crippen LogP contribution in [0, 0.1) is 0 Å². The number of nitrogens with zero attached hydrogens (tertiary/aromatic N) is 1. The number of anilines is 1. The molecule has 8 nitrogen and oxygen atoms in total. The standard InChI is InChI=1S/C20H16ClN3O5S/c21-13-4-1-2-5-16(13)29-17-6-3-7-18-19(17)23-20(24-30(18,27)28)22-11-12-8-9-14(25)15(26)10-12/h1-10,25-26H,11H2,(H2,22,23,24). The Kier molecular flexibility index (Phi) is 5.15. The van der Waals surface area contributed by atoms with Crippen molar-refractivity contribution in [1.82, 2.24) is 4.72 Å². The number of aliphatic imine (C=N–C) groups is 1. The third kappa shape index (κ3) is 3.98. The van der Waals surface area contributed by atoms with E-state index in [1.807, 2.05) is 0 Å². The molecular weight excluding hydrogens is 430 g/mol. The fourth-order valence-electron chi connectivity index (χ4n) is 2.82. The smallest absolute Gasteiger partial charge is 0.266 e. The second kappa shape index (κ2) is 7.77. The van der Waals surface area contributed by atoms with Gasteiger partial charge in [-0.2, -0.15) is 0 Å². The Morgan fingerprint density at radius 3 is 2.50 bits per heavy atom. The Labute approximate surface area is 177 Å². The monoisotopic (exact) mass is 445 g/mol. The number of fused-ring (bicyclic) bond motifs is 1. The molecule has 0 spiro atoms. The van der Waals surface area contributed by atoms with Crippen molar-refractivity contribution in [2.24, 2.45) is 4.99 Å². The molecule has 154 valence electrons. The van der Waals surface area contributed by atoms with E-state index in [4.69, 9.17) is 16.3 Å². The van der Waals surface area contributed by atoms with E-state index in [1.165, 1.54) is 18.2 Å². The number of sulfonamides is 1. The minimum absolute atomic E-state index is 0.00767. The lowest BCUT2D eigenvalue weighted by atomic mass is 10.2. The number of aromatic hydroxyl groups is 2. The fraction of sp³-hybridized carbons (Fsp3) is 0.0500. The zero-order valence-electron chi connectivity index (χ0n) is 15.3. The first-order valence-corrected chi connectivity index (χ1v) is 10.6. The molecule has 30 heavy (non-hydrogen) atoms. The number of para-hydroxylation sites is 2. The highest BCUT2D eigenvalue weighted by Gasteiger charge is 2.29. The molecule has 3 aromatic rings. The van der Waals surface area contributed by atoms with Crippen molar-refractivity contribution < 1.29 is 23.4 Å². The second-order valence-corrected chi connectivity index (χ2v) is 8.44. The van der Waals surface area contributed by atoms with Crippen molar-refractivity contribution in [3.8, 4) is 23.0 Å². The highest BCUT2D eigenvalue weighted by Crippen LogP contribution is 2.38. The van der Waals surface area contributed by atoms with Gasteiger partial charge in [0.25, 0.3) is 10.0 Å². The van der Waals surface area contributed by atoms with Gasteiger partial charge in [0, 0.05) is 0 Å². The van der Waals surface area contributed by atoms with Crippen LogP contribution in [0.2, 0.25) is 5.02 Å². The SMILES string of the molecule is O=S1(=O)NC(=NCc2ccc(O)c(O)c2)Nc2c(Oc3ccccc3Cl)cccc21. The summed E-state index contributed by atoms with van der Waals surface area (Å²) in [7, 11) is -3.88. The van der Waals surface area contributed by atoms with Crippen LogP contribution in [0.4, 0.5) is 5.69 Å². The topological polar surface area (TPSA) is 120 Å². The number of guanidine groups is 1. The molecule has 10 heteroatoms. The highest BCUT2D eigenvalue weighted by atomic mass is 35.5. The van der Waals surface area contributed by atoms with Crippen molar-refractivity contribution >= 4 is 33.3 Å². The maximum atomic E-state index is 12.7. The zero-order valence-corrected chi connectivity index (χ0v) is 16.9. The molecule has 0 amide bonds. The van der Waals surface area contributed by atoms with Crippen LogP contribution in [0.15, 0.2) is 70.6 Å². The van der Waals surface area contributed by atoms with Crippen LogP contribution >= 0.6 is 11.6 Å². The Morgan fingerprint density at radius 2 is 1.73 bits per heavy atom. The summed E-state index contributed by atoms with van der Waals surface area (Å²) >= 11 is 6.15. The van der Waals surface area contributed by atoms with Crippen molar-refractivity contribution in [3.05, 3.63) is 71.2 Å². The molecule has 3 aromatic carbocycles. The molecule has 0 fully saturated rings. The predicted molar refractivity (Wildman–Crippen MR) is 113 cm³/mol. The maximum absolute atomic E-state index is 12.7. The first kappa shape index (κ1) is 19.9. The first-order chi connectivity index (χ1) is 14.3. The summed E-state index contributed by atoms with van der Waals surface area (Å²) in [5.41, 5.74) is 0.800. The molecule has 1 heterocycles. The van der Waals surface area contributed by atoms with Crippen LogP contribution < -0.4 is 14.8 Å². The van der Waals surface area contributed by atoms with Gasteiger partial charge in [0.15, 0.2) is 17.2 Å². The summed E-state index contributed by atoms with van der Waals surface area (Å²) in [4.78, 5) is 4.23. The number of halogens is 1. The van der Waals surface area contributed by atoms with E-state index >= 15 is 0 Å². The maximum Gasteiger partial charge on any atom is 0.266 e. The number of nitrogens with one attached hydrogen (secondary N) is 2. The van der Waals surface area contributed by atoms with Gasteiger partial charge >= 0.3 is 0 Å². The number of hydrogen-bond acceptors (Lipinski definition) is 6. The lowest BCUT2D eigenvalue weighted by molar-refractivity contribution is 0.403. The molecular formula is C20H16ClN3O5S. The van der Waals surface area contributed by atoms with Gasteiger partial charge in [-0.05, 0) is 42.0 Å². The third-order valence-electron chi connectivity index (χ3n) is 4.27. The third-order valence-corrected chi connectivity index (χ3v) is 5.96. The van der Waals surface area contributed by atoms with E-state index in [1.54, 1.807) is 42.5 Å². The number of phenols is 2. The molecule has 4 rings (SSSR count). The van der Waals surface area contributed by atoms with Crippen LogP contribution in [0.5, 0.6) is 23.0 Å². The lowest BCUT2D eigenvalue weighted by Gasteiger charge is -2.23. The molecule has 0 saturated carbocycles. The summed E-state index contributed by atoms with van der Waals surface area (Å²) in [6.45, 7) is 0.0571. The number of ether oxygens (including phenoxy) is 1. The highest BCUT2D eigenvalue weighted by molar-refractivity contribution is 7.90. The number of rotatable bonds is 4. The molecule has 1 aliphatic rings. The summed E-state index contributed by atoms with van der Waals surface area (Å²) in [5.74, 6) is 0.0955. The summed E-state index contributed by atoms with van der Waals surface area (Å²) < 4.78 is 33.6. The Balaban J connectivity index is 1.67. The minimum atomic E-state index is -3.88. The first-order valence-electron chi connectivity index (χ1n) is 8.74. The van der Waals surface area contributed by atoms with Gasteiger partial charge < -0.3 is 20.3 Å². The Bertz CT molecular complexity index is 1260. The number of benzene rings is 3. The number of phenolic OH excluding ortho intramolecular Hbond substituents is 2. The van der Waals surface area contributed by atoms with Crippen molar-refractivity contribution in [2.45, 2.75) is 11.4 Å². The Hall–Kier alpha value is -3.43. The quantitative estimate of drug-likeness (QED) is 0.453. The van der Waals surface area contributed by atoms with Crippen LogP contribution in [0.25, 0.3) is 0 Å². The summed E-state index contributed by atoms with van der Waals surface area (Å²) in [6, 6.07) is 15.7. The molecule has 4 N–H and O–H groups in total. The molecule has 0 saturated heterocycles. The van der Waals surface area contributed by atoms with E-state index < -0.39 is 10.0 Å². The molecule has 0 aromatic heterocycles. The molecule has 0 atom stereocenters.